The molecule has 1 amide bonds. The Bertz CT molecular complexity index is 1220. The second-order valence-electron chi connectivity index (χ2n) is 8.24. The number of hydrogen-bond donors (Lipinski definition) is 2. The fourth-order valence-corrected chi connectivity index (χ4v) is 5.93. The van der Waals surface area contributed by atoms with Crippen molar-refractivity contribution in [3.63, 3.8) is 0 Å². The number of amides is 1. The molecule has 2 heterocycles. The summed E-state index contributed by atoms with van der Waals surface area (Å²) in [5.41, 5.74) is 3.09. The van der Waals surface area contributed by atoms with Gasteiger partial charge in [-0.15, -0.1) is 11.3 Å². The summed E-state index contributed by atoms with van der Waals surface area (Å²) in [6.45, 7) is 4.90. The molecule has 3 aromatic rings. The monoisotopic (exact) mass is 560 g/mol. The molecule has 178 valence electrons. The van der Waals surface area contributed by atoms with Gasteiger partial charge in [-0.1, -0.05) is 19.1 Å². The average Bonchev–Trinajstić information content (AvgIpc) is 3.36. The zero-order valence-corrected chi connectivity index (χ0v) is 22.1. The summed E-state index contributed by atoms with van der Waals surface area (Å²) in [7, 11) is 0. The van der Waals surface area contributed by atoms with Crippen molar-refractivity contribution < 1.29 is 14.3 Å². The van der Waals surface area contributed by atoms with Crippen LogP contribution < -0.4 is 10.6 Å². The van der Waals surface area contributed by atoms with E-state index >= 15 is 0 Å². The Kier molecular flexibility index (Phi) is 7.80. The van der Waals surface area contributed by atoms with E-state index in [1.165, 1.54) is 16.2 Å². The second kappa shape index (κ2) is 10.8. The maximum absolute atomic E-state index is 12.7. The van der Waals surface area contributed by atoms with Gasteiger partial charge in [-0.3, -0.25) is 14.8 Å². The number of fused-ring (bicyclic) bond motifs is 1. The van der Waals surface area contributed by atoms with Gasteiger partial charge in [0.1, 0.15) is 5.00 Å². The SMILES string of the molecule is CCOC(=O)c1c(NC(=S)NC(=O)c2ccc(Cn3cc(Br)cn3)cc2)sc2c1CCC(C)C2. The fourth-order valence-electron chi connectivity index (χ4n) is 3.94. The molecule has 2 N–H and O–H groups in total. The first-order valence-corrected chi connectivity index (χ1v) is 13.1. The van der Waals surface area contributed by atoms with Crippen LogP contribution in [-0.4, -0.2) is 33.4 Å². The highest BCUT2D eigenvalue weighted by Crippen LogP contribution is 2.40. The summed E-state index contributed by atoms with van der Waals surface area (Å²) in [5.74, 6) is -0.108. The lowest BCUT2D eigenvalue weighted by atomic mass is 9.88. The molecule has 0 fully saturated rings. The number of anilines is 1. The van der Waals surface area contributed by atoms with Crippen molar-refractivity contribution in [1.82, 2.24) is 15.1 Å². The van der Waals surface area contributed by atoms with Crippen molar-refractivity contribution in [2.75, 3.05) is 11.9 Å². The first-order valence-electron chi connectivity index (χ1n) is 11.0. The topological polar surface area (TPSA) is 85.3 Å². The van der Waals surface area contributed by atoms with Crippen LogP contribution >= 0.6 is 39.5 Å². The van der Waals surface area contributed by atoms with Crippen LogP contribution in [0, 0.1) is 5.92 Å². The molecule has 0 spiro atoms. The Hall–Kier alpha value is -2.56. The summed E-state index contributed by atoms with van der Waals surface area (Å²) in [5, 5.41) is 10.8. The Morgan fingerprint density at radius 1 is 1.32 bits per heavy atom. The minimum Gasteiger partial charge on any atom is -0.462 e. The minimum atomic E-state index is -0.356. The molecule has 0 bridgehead atoms. The molecule has 1 aliphatic rings. The molecular formula is C24H25BrN4O3S2. The number of halogens is 1. The molecule has 1 unspecified atom stereocenters. The molecule has 4 rings (SSSR count). The quantitative estimate of drug-likeness (QED) is 0.319. The lowest BCUT2D eigenvalue weighted by Gasteiger charge is -2.18. The number of nitrogens with zero attached hydrogens (tertiary/aromatic N) is 2. The van der Waals surface area contributed by atoms with Crippen LogP contribution in [0.15, 0.2) is 41.1 Å². The van der Waals surface area contributed by atoms with Gasteiger partial charge in [0.25, 0.3) is 5.91 Å². The van der Waals surface area contributed by atoms with Gasteiger partial charge in [0.05, 0.1) is 29.4 Å². The maximum Gasteiger partial charge on any atom is 0.341 e. The van der Waals surface area contributed by atoms with Crippen molar-refractivity contribution in [3.05, 3.63) is 68.3 Å². The molecule has 1 aliphatic carbocycles. The third kappa shape index (κ3) is 5.73. The van der Waals surface area contributed by atoms with E-state index < -0.39 is 0 Å². The molecule has 7 nitrogen and oxygen atoms in total. The zero-order valence-electron chi connectivity index (χ0n) is 18.9. The van der Waals surface area contributed by atoms with Crippen LogP contribution in [0.25, 0.3) is 0 Å². The molecule has 1 atom stereocenters. The van der Waals surface area contributed by atoms with E-state index in [1.54, 1.807) is 29.9 Å². The number of esters is 1. The first kappa shape index (κ1) is 24.6. The molecule has 0 saturated heterocycles. The molecule has 0 radical (unpaired) electrons. The predicted molar refractivity (Wildman–Crippen MR) is 141 cm³/mol. The smallest absolute Gasteiger partial charge is 0.341 e. The molecule has 10 heteroatoms. The standard InChI is InChI=1S/C24H25BrN4O3S2/c1-3-32-23(31)20-18-9-4-14(2)10-19(18)34-22(20)28-24(33)27-21(30)16-7-5-15(6-8-16)12-29-13-17(25)11-26-29/h5-8,11,13-14H,3-4,9-10,12H2,1-2H3,(H2,27,28,30,33). The second-order valence-corrected chi connectivity index (χ2v) is 10.7. The summed E-state index contributed by atoms with van der Waals surface area (Å²) >= 11 is 10.3. The van der Waals surface area contributed by atoms with E-state index in [0.29, 0.717) is 35.2 Å². The van der Waals surface area contributed by atoms with E-state index in [1.807, 2.05) is 18.3 Å². The molecule has 2 aromatic heterocycles. The number of carbonyl (C=O) groups is 2. The van der Waals surface area contributed by atoms with Crippen LogP contribution in [0.2, 0.25) is 0 Å². The van der Waals surface area contributed by atoms with E-state index in [4.69, 9.17) is 17.0 Å². The number of ether oxygens (including phenoxy) is 1. The van der Waals surface area contributed by atoms with Gasteiger partial charge >= 0.3 is 5.97 Å². The van der Waals surface area contributed by atoms with Crippen molar-refractivity contribution in [2.24, 2.45) is 5.92 Å². The highest BCUT2D eigenvalue weighted by atomic mass is 79.9. The van der Waals surface area contributed by atoms with E-state index in [2.05, 4.69) is 38.6 Å². The molecular weight excluding hydrogens is 536 g/mol. The van der Waals surface area contributed by atoms with Gasteiger partial charge in [0, 0.05) is 16.6 Å². The van der Waals surface area contributed by atoms with Crippen molar-refractivity contribution in [2.45, 2.75) is 39.7 Å². The van der Waals surface area contributed by atoms with Gasteiger partial charge in [0.2, 0.25) is 0 Å². The third-order valence-electron chi connectivity index (χ3n) is 5.61. The normalized spacial score (nSPS) is 14.9. The largest absolute Gasteiger partial charge is 0.462 e. The lowest BCUT2D eigenvalue weighted by Crippen LogP contribution is -2.34. The molecule has 1 aromatic carbocycles. The number of rotatable bonds is 6. The summed E-state index contributed by atoms with van der Waals surface area (Å²) in [4.78, 5) is 26.6. The molecule has 0 aliphatic heterocycles. The van der Waals surface area contributed by atoms with Gasteiger partial charge in [-0.25, -0.2) is 4.79 Å². The zero-order chi connectivity index (χ0) is 24.2. The van der Waals surface area contributed by atoms with Crippen molar-refractivity contribution in [3.8, 4) is 0 Å². The number of thiocarbonyl (C=S) groups is 1. The summed E-state index contributed by atoms with van der Waals surface area (Å²) in [6, 6.07) is 7.27. The van der Waals surface area contributed by atoms with Crippen LogP contribution in [0.3, 0.4) is 0 Å². The van der Waals surface area contributed by atoms with E-state index in [9.17, 15) is 9.59 Å². The first-order chi connectivity index (χ1) is 16.3. The third-order valence-corrected chi connectivity index (χ3v) is 7.39. The molecule has 34 heavy (non-hydrogen) atoms. The Balaban J connectivity index is 1.43. The summed E-state index contributed by atoms with van der Waals surface area (Å²) in [6.07, 6.45) is 6.41. The number of nitrogens with one attached hydrogen (secondary N) is 2. The highest BCUT2D eigenvalue weighted by Gasteiger charge is 2.29. The number of thiophene rings is 1. The average molecular weight is 562 g/mol. The summed E-state index contributed by atoms with van der Waals surface area (Å²) < 4.78 is 8.02. The van der Waals surface area contributed by atoms with Gasteiger partial charge in [-0.05, 0) is 83.5 Å². The highest BCUT2D eigenvalue weighted by molar-refractivity contribution is 9.10. The minimum absolute atomic E-state index is 0.146. The van der Waals surface area contributed by atoms with Crippen LogP contribution in [0.1, 0.15) is 57.0 Å². The Labute approximate surface area is 216 Å². The van der Waals surface area contributed by atoms with E-state index in [0.717, 1.165) is 34.9 Å². The van der Waals surface area contributed by atoms with Crippen LogP contribution in [-0.2, 0) is 24.1 Å². The Morgan fingerprint density at radius 2 is 2.09 bits per heavy atom. The van der Waals surface area contributed by atoms with Crippen molar-refractivity contribution in [1.29, 1.82) is 0 Å². The van der Waals surface area contributed by atoms with E-state index in [-0.39, 0.29) is 17.0 Å². The number of carbonyl (C=O) groups excluding carboxylic acids is 2. The number of aromatic nitrogens is 2. The lowest BCUT2D eigenvalue weighted by molar-refractivity contribution is 0.0526. The van der Waals surface area contributed by atoms with Gasteiger partial charge in [-0.2, -0.15) is 5.10 Å². The van der Waals surface area contributed by atoms with Gasteiger partial charge < -0.3 is 10.1 Å². The number of benzene rings is 1. The Morgan fingerprint density at radius 3 is 2.76 bits per heavy atom. The van der Waals surface area contributed by atoms with Crippen LogP contribution in [0.4, 0.5) is 5.00 Å². The molecule has 0 saturated carbocycles. The predicted octanol–water partition coefficient (Wildman–Crippen LogP) is 5.18. The number of hydrogen-bond acceptors (Lipinski definition) is 6. The van der Waals surface area contributed by atoms with Gasteiger partial charge in [0.15, 0.2) is 5.11 Å². The fraction of sp³-hybridized carbons (Fsp3) is 0.333. The van der Waals surface area contributed by atoms with Crippen LogP contribution in [0.5, 0.6) is 0 Å². The maximum atomic E-state index is 12.7. The van der Waals surface area contributed by atoms with Crippen molar-refractivity contribution >= 4 is 61.5 Å².